The van der Waals surface area contributed by atoms with Crippen molar-refractivity contribution in [2.45, 2.75) is 58.7 Å². The van der Waals surface area contributed by atoms with Crippen molar-refractivity contribution in [1.82, 2.24) is 29.6 Å². The number of piperazine rings is 1. The van der Waals surface area contributed by atoms with Gasteiger partial charge in [0.05, 0.1) is 17.9 Å². The quantitative estimate of drug-likeness (QED) is 0.847. The standard InChI is InChI=1S/C19H30N8/c1-4-27-17(23-24-19(27)15-9-16(20)10-15)12-25-5-7-26(8-6-25)18-14(3)21-11-13(2)22-18/h11,15-16H,4-10,12,20H2,1-3H3. The molecule has 3 heterocycles. The third kappa shape index (κ3) is 3.68. The Hall–Kier alpha value is -2.06. The molecule has 0 radical (unpaired) electrons. The molecule has 1 saturated carbocycles. The Labute approximate surface area is 160 Å². The summed E-state index contributed by atoms with van der Waals surface area (Å²) in [5.41, 5.74) is 7.93. The van der Waals surface area contributed by atoms with Gasteiger partial charge in [-0.25, -0.2) is 4.98 Å². The van der Waals surface area contributed by atoms with Gasteiger partial charge >= 0.3 is 0 Å². The van der Waals surface area contributed by atoms with Crippen LogP contribution >= 0.6 is 0 Å². The summed E-state index contributed by atoms with van der Waals surface area (Å²) in [7, 11) is 0. The Balaban J connectivity index is 1.39. The highest BCUT2D eigenvalue weighted by atomic mass is 15.3. The molecule has 27 heavy (non-hydrogen) atoms. The average molecular weight is 371 g/mol. The molecular weight excluding hydrogens is 340 g/mol. The summed E-state index contributed by atoms with van der Waals surface area (Å²) in [6.45, 7) is 11.9. The number of aryl methyl sites for hydroxylation is 2. The maximum absolute atomic E-state index is 5.95. The van der Waals surface area contributed by atoms with Crippen molar-refractivity contribution in [1.29, 1.82) is 0 Å². The summed E-state index contributed by atoms with van der Waals surface area (Å²) in [6.07, 6.45) is 3.90. The first-order valence-corrected chi connectivity index (χ1v) is 10.00. The third-order valence-electron chi connectivity index (χ3n) is 5.80. The summed E-state index contributed by atoms with van der Waals surface area (Å²) < 4.78 is 2.29. The molecule has 1 aliphatic heterocycles. The minimum atomic E-state index is 0.335. The lowest BCUT2D eigenvalue weighted by atomic mass is 9.80. The number of rotatable bonds is 5. The van der Waals surface area contributed by atoms with Gasteiger partial charge in [0.1, 0.15) is 17.5 Å². The van der Waals surface area contributed by atoms with Crippen LogP contribution < -0.4 is 10.6 Å². The van der Waals surface area contributed by atoms with Crippen LogP contribution in [0.4, 0.5) is 5.82 Å². The molecule has 8 heteroatoms. The first-order valence-electron chi connectivity index (χ1n) is 10.00. The molecule has 0 atom stereocenters. The molecule has 0 spiro atoms. The summed E-state index contributed by atoms with van der Waals surface area (Å²) in [6, 6.07) is 0.335. The molecule has 0 aromatic carbocycles. The normalized spacial score (nSPS) is 23.5. The molecule has 4 rings (SSSR count). The summed E-state index contributed by atoms with van der Waals surface area (Å²) in [5, 5.41) is 9.00. The average Bonchev–Trinajstić information content (AvgIpc) is 3.04. The molecule has 2 N–H and O–H groups in total. The largest absolute Gasteiger partial charge is 0.353 e. The number of nitrogens with two attached hydrogens (primary N) is 1. The maximum Gasteiger partial charge on any atom is 0.150 e. The van der Waals surface area contributed by atoms with E-state index >= 15 is 0 Å². The monoisotopic (exact) mass is 370 g/mol. The smallest absolute Gasteiger partial charge is 0.150 e. The Morgan fingerprint density at radius 3 is 2.52 bits per heavy atom. The van der Waals surface area contributed by atoms with Crippen LogP contribution in [-0.2, 0) is 13.1 Å². The number of anilines is 1. The number of hydrogen-bond acceptors (Lipinski definition) is 7. The minimum absolute atomic E-state index is 0.335. The lowest BCUT2D eigenvalue weighted by molar-refractivity contribution is 0.239. The number of nitrogens with zero attached hydrogens (tertiary/aromatic N) is 7. The predicted octanol–water partition coefficient (Wildman–Crippen LogP) is 1.23. The predicted molar refractivity (Wildman–Crippen MR) is 105 cm³/mol. The first-order chi connectivity index (χ1) is 13.0. The van der Waals surface area contributed by atoms with E-state index in [2.05, 4.69) is 41.5 Å². The second kappa shape index (κ2) is 7.52. The van der Waals surface area contributed by atoms with Crippen LogP contribution in [0.5, 0.6) is 0 Å². The van der Waals surface area contributed by atoms with E-state index in [-0.39, 0.29) is 0 Å². The van der Waals surface area contributed by atoms with Gasteiger partial charge in [0, 0.05) is 50.9 Å². The number of aromatic nitrogens is 5. The van der Waals surface area contributed by atoms with Gasteiger partial charge in [-0.1, -0.05) is 0 Å². The third-order valence-corrected chi connectivity index (χ3v) is 5.80. The zero-order valence-corrected chi connectivity index (χ0v) is 16.6. The van der Waals surface area contributed by atoms with Gasteiger partial charge in [0.15, 0.2) is 0 Å². The Kier molecular flexibility index (Phi) is 5.10. The molecule has 146 valence electrons. The lowest BCUT2D eigenvalue weighted by Crippen LogP contribution is -2.47. The van der Waals surface area contributed by atoms with E-state index in [0.29, 0.717) is 12.0 Å². The van der Waals surface area contributed by atoms with E-state index in [1.54, 1.807) is 0 Å². The second-order valence-electron chi connectivity index (χ2n) is 7.83. The minimum Gasteiger partial charge on any atom is -0.353 e. The molecular formula is C19H30N8. The fourth-order valence-corrected chi connectivity index (χ4v) is 4.13. The van der Waals surface area contributed by atoms with Crippen molar-refractivity contribution in [3.05, 3.63) is 29.2 Å². The van der Waals surface area contributed by atoms with Gasteiger partial charge < -0.3 is 15.2 Å². The van der Waals surface area contributed by atoms with Gasteiger partial charge in [-0.2, -0.15) is 0 Å². The summed E-state index contributed by atoms with van der Waals surface area (Å²) >= 11 is 0. The van der Waals surface area contributed by atoms with E-state index in [1.165, 1.54) is 0 Å². The van der Waals surface area contributed by atoms with E-state index in [4.69, 9.17) is 5.73 Å². The molecule has 0 amide bonds. The van der Waals surface area contributed by atoms with Crippen molar-refractivity contribution in [2.24, 2.45) is 5.73 Å². The number of hydrogen-bond donors (Lipinski definition) is 1. The van der Waals surface area contributed by atoms with Crippen molar-refractivity contribution in [2.75, 3.05) is 31.1 Å². The lowest BCUT2D eigenvalue weighted by Gasteiger charge is -2.35. The van der Waals surface area contributed by atoms with Crippen molar-refractivity contribution in [3.8, 4) is 0 Å². The van der Waals surface area contributed by atoms with E-state index in [1.807, 2.05) is 20.0 Å². The molecule has 2 fully saturated rings. The van der Waals surface area contributed by atoms with E-state index in [9.17, 15) is 0 Å². The molecule has 0 unspecified atom stereocenters. The topological polar surface area (TPSA) is 89.0 Å². The van der Waals surface area contributed by atoms with Crippen LogP contribution in [-0.4, -0.2) is 61.9 Å². The van der Waals surface area contributed by atoms with Crippen LogP contribution in [0.2, 0.25) is 0 Å². The molecule has 8 nitrogen and oxygen atoms in total. The zero-order valence-electron chi connectivity index (χ0n) is 16.6. The van der Waals surface area contributed by atoms with Crippen LogP contribution in [0.3, 0.4) is 0 Å². The second-order valence-corrected chi connectivity index (χ2v) is 7.83. The van der Waals surface area contributed by atoms with Crippen LogP contribution in [0, 0.1) is 13.8 Å². The van der Waals surface area contributed by atoms with Crippen molar-refractivity contribution in [3.63, 3.8) is 0 Å². The highest BCUT2D eigenvalue weighted by Crippen LogP contribution is 2.35. The highest BCUT2D eigenvalue weighted by Gasteiger charge is 2.32. The van der Waals surface area contributed by atoms with E-state index < -0.39 is 0 Å². The SMILES string of the molecule is CCn1c(CN2CCN(c3nc(C)cnc3C)CC2)nnc1C1CC(N)C1. The molecule has 2 aromatic heterocycles. The van der Waals surface area contributed by atoms with Crippen LogP contribution in [0.15, 0.2) is 6.20 Å². The van der Waals surface area contributed by atoms with Gasteiger partial charge in [-0.15, -0.1) is 10.2 Å². The summed E-state index contributed by atoms with van der Waals surface area (Å²) in [4.78, 5) is 13.9. The van der Waals surface area contributed by atoms with Crippen LogP contribution in [0.25, 0.3) is 0 Å². The Morgan fingerprint density at radius 1 is 1.11 bits per heavy atom. The summed E-state index contributed by atoms with van der Waals surface area (Å²) in [5.74, 6) is 3.71. The van der Waals surface area contributed by atoms with Crippen molar-refractivity contribution >= 4 is 5.82 Å². The van der Waals surface area contributed by atoms with Crippen LogP contribution in [0.1, 0.15) is 48.7 Å². The van der Waals surface area contributed by atoms with Gasteiger partial charge in [0.25, 0.3) is 0 Å². The highest BCUT2D eigenvalue weighted by molar-refractivity contribution is 5.43. The molecule has 1 aliphatic carbocycles. The Morgan fingerprint density at radius 2 is 1.85 bits per heavy atom. The van der Waals surface area contributed by atoms with Crippen molar-refractivity contribution < 1.29 is 0 Å². The molecule has 0 bridgehead atoms. The molecule has 1 saturated heterocycles. The molecule has 2 aliphatic rings. The maximum atomic E-state index is 5.95. The van der Waals surface area contributed by atoms with Gasteiger partial charge in [-0.05, 0) is 33.6 Å². The molecule has 2 aromatic rings. The fourth-order valence-electron chi connectivity index (χ4n) is 4.13. The van der Waals surface area contributed by atoms with Gasteiger partial charge in [-0.3, -0.25) is 9.88 Å². The Bertz CT molecular complexity index is 787. The zero-order chi connectivity index (χ0) is 19.0. The van der Waals surface area contributed by atoms with E-state index in [0.717, 1.165) is 81.0 Å². The fraction of sp³-hybridized carbons (Fsp3) is 0.684. The van der Waals surface area contributed by atoms with Gasteiger partial charge in [0.2, 0.25) is 0 Å². The first kappa shape index (κ1) is 18.3.